The van der Waals surface area contributed by atoms with E-state index in [-0.39, 0.29) is 22.7 Å². The van der Waals surface area contributed by atoms with E-state index >= 15 is 0 Å². The number of carbonyl (C=O) groups is 1. The van der Waals surface area contributed by atoms with Crippen molar-refractivity contribution in [2.24, 2.45) is 4.99 Å². The van der Waals surface area contributed by atoms with Crippen LogP contribution in [0.25, 0.3) is 5.70 Å². The number of thiophene rings is 1. The molecule has 1 aromatic carbocycles. The highest BCUT2D eigenvalue weighted by molar-refractivity contribution is 7.18. The summed E-state index contributed by atoms with van der Waals surface area (Å²) in [5.74, 6) is -1.69. The van der Waals surface area contributed by atoms with Crippen molar-refractivity contribution < 1.29 is 27.5 Å². The Morgan fingerprint density at radius 3 is 2.69 bits per heavy atom. The average molecular weight is 384 g/mol. The fraction of sp³-hybridized carbons (Fsp3) is 0.176. The third-order valence-electron chi connectivity index (χ3n) is 3.89. The van der Waals surface area contributed by atoms with E-state index in [1.165, 1.54) is 0 Å². The lowest BCUT2D eigenvalue weighted by Crippen LogP contribution is -2.26. The molecule has 0 unspecified atom stereocenters. The number of aliphatic imine (C=N–C) groups is 1. The quantitative estimate of drug-likeness (QED) is 0.750. The smallest absolute Gasteiger partial charge is 0.416 e. The first-order valence-electron chi connectivity index (χ1n) is 7.34. The van der Waals surface area contributed by atoms with Crippen LogP contribution in [0.2, 0.25) is 0 Å². The molecule has 0 bridgehead atoms. The van der Waals surface area contributed by atoms with Gasteiger partial charge in [-0.3, -0.25) is 0 Å². The predicted octanol–water partition coefficient (Wildman–Crippen LogP) is 4.76. The zero-order valence-corrected chi connectivity index (χ0v) is 14.2. The van der Waals surface area contributed by atoms with Gasteiger partial charge in [0.15, 0.2) is 0 Å². The molecule has 0 saturated carbocycles. The molecule has 3 rings (SSSR count). The summed E-state index contributed by atoms with van der Waals surface area (Å²) in [4.78, 5) is 15.6. The lowest BCUT2D eigenvalue weighted by Gasteiger charge is -2.19. The minimum absolute atomic E-state index is 0.105. The van der Waals surface area contributed by atoms with Crippen molar-refractivity contribution in [3.63, 3.8) is 0 Å². The molecular weight excluding hydrogens is 372 g/mol. The van der Waals surface area contributed by atoms with Crippen LogP contribution in [-0.2, 0) is 12.6 Å². The Morgan fingerprint density at radius 2 is 2.08 bits per heavy atom. The van der Waals surface area contributed by atoms with Gasteiger partial charge in [-0.25, -0.2) is 14.2 Å². The molecule has 136 valence electrons. The average Bonchev–Trinajstić information content (AvgIpc) is 2.86. The third-order valence-corrected chi connectivity index (χ3v) is 5.06. The first-order chi connectivity index (χ1) is 12.1. The minimum Gasteiger partial charge on any atom is -0.477 e. The number of fused-ring (bicyclic) bond motifs is 1. The van der Waals surface area contributed by atoms with Gasteiger partial charge in [-0.2, -0.15) is 13.2 Å². The van der Waals surface area contributed by atoms with Crippen LogP contribution in [0.1, 0.15) is 31.9 Å². The lowest BCUT2D eigenvalue weighted by atomic mass is 10.0. The molecule has 2 heterocycles. The van der Waals surface area contributed by atoms with E-state index in [1.54, 1.807) is 6.92 Å². The number of rotatable bonds is 3. The number of amidine groups is 1. The summed E-state index contributed by atoms with van der Waals surface area (Å²) in [7, 11) is 0. The van der Waals surface area contributed by atoms with Crippen LogP contribution in [-0.4, -0.2) is 16.9 Å². The van der Waals surface area contributed by atoms with Crippen LogP contribution in [0.3, 0.4) is 0 Å². The number of nitrogens with zero attached hydrogens (tertiary/aromatic N) is 1. The molecular formula is C17H12F4N2O2S. The summed E-state index contributed by atoms with van der Waals surface area (Å²) in [5, 5.41) is 12.4. The molecule has 2 N–H and O–H groups in total. The largest absolute Gasteiger partial charge is 0.477 e. The molecule has 1 aliphatic rings. The Bertz CT molecular complexity index is 960. The summed E-state index contributed by atoms with van der Waals surface area (Å²) in [6.45, 7) is 5.43. The van der Waals surface area contributed by atoms with Crippen molar-refractivity contribution in [1.82, 2.24) is 5.32 Å². The van der Waals surface area contributed by atoms with Crippen molar-refractivity contribution >= 4 is 33.8 Å². The van der Waals surface area contributed by atoms with E-state index in [0.717, 1.165) is 23.5 Å². The van der Waals surface area contributed by atoms with Gasteiger partial charge in [0.2, 0.25) is 0 Å². The number of halogens is 4. The standard InChI is InChI=1S/C17H12F4N2O2S/c1-7-13-8(2)22-12(23-15(13)26-14(7)16(24)25)6-9-5-10(17(19,20)21)3-4-11(9)18/h3-5H,2,6H2,1H3,(H,22,23)(H,24,25). The number of benzene rings is 1. The molecule has 2 aromatic rings. The molecule has 4 nitrogen and oxygen atoms in total. The van der Waals surface area contributed by atoms with E-state index in [4.69, 9.17) is 0 Å². The maximum absolute atomic E-state index is 13.9. The molecule has 0 fully saturated rings. The SMILES string of the molecule is C=C1NC(Cc2cc(C(F)(F)F)ccc2F)=Nc2sc(C(=O)O)c(C)c21. The number of aromatic carboxylic acids is 1. The van der Waals surface area contributed by atoms with Gasteiger partial charge >= 0.3 is 12.1 Å². The summed E-state index contributed by atoms with van der Waals surface area (Å²) in [6.07, 6.45) is -4.80. The maximum Gasteiger partial charge on any atom is 0.416 e. The highest BCUT2D eigenvalue weighted by Crippen LogP contribution is 2.40. The molecule has 0 atom stereocenters. The number of carboxylic acids is 1. The van der Waals surface area contributed by atoms with Gasteiger partial charge < -0.3 is 10.4 Å². The van der Waals surface area contributed by atoms with Gasteiger partial charge in [0.25, 0.3) is 0 Å². The fourth-order valence-corrected chi connectivity index (χ4v) is 3.74. The Hall–Kier alpha value is -2.68. The second-order valence-electron chi connectivity index (χ2n) is 5.68. The minimum atomic E-state index is -4.58. The van der Waals surface area contributed by atoms with Crippen molar-refractivity contribution in [1.29, 1.82) is 0 Å². The van der Waals surface area contributed by atoms with E-state index in [2.05, 4.69) is 16.9 Å². The second kappa shape index (κ2) is 6.24. The van der Waals surface area contributed by atoms with Crippen molar-refractivity contribution in [3.8, 4) is 0 Å². The third kappa shape index (κ3) is 3.22. The van der Waals surface area contributed by atoms with Gasteiger partial charge in [-0.1, -0.05) is 6.58 Å². The van der Waals surface area contributed by atoms with Crippen molar-refractivity contribution in [3.05, 3.63) is 57.7 Å². The van der Waals surface area contributed by atoms with E-state index in [9.17, 15) is 27.5 Å². The molecule has 0 spiro atoms. The molecule has 0 amide bonds. The normalized spacial score (nSPS) is 13.9. The van der Waals surface area contributed by atoms with Crippen LogP contribution >= 0.6 is 11.3 Å². The van der Waals surface area contributed by atoms with Gasteiger partial charge in [0.1, 0.15) is 21.5 Å². The summed E-state index contributed by atoms with van der Waals surface area (Å²) in [6, 6.07) is 2.17. The van der Waals surface area contributed by atoms with E-state index < -0.39 is 23.5 Å². The molecule has 0 saturated heterocycles. The van der Waals surface area contributed by atoms with Gasteiger partial charge in [0, 0.05) is 17.7 Å². The van der Waals surface area contributed by atoms with Crippen molar-refractivity contribution in [2.75, 3.05) is 0 Å². The molecule has 1 aliphatic heterocycles. The van der Waals surface area contributed by atoms with E-state index in [1.807, 2.05) is 0 Å². The second-order valence-corrected chi connectivity index (χ2v) is 6.68. The Morgan fingerprint density at radius 1 is 1.38 bits per heavy atom. The van der Waals surface area contributed by atoms with Crippen LogP contribution < -0.4 is 5.32 Å². The molecule has 9 heteroatoms. The monoisotopic (exact) mass is 384 g/mol. The highest BCUT2D eigenvalue weighted by Gasteiger charge is 2.31. The first-order valence-corrected chi connectivity index (χ1v) is 8.15. The molecule has 26 heavy (non-hydrogen) atoms. The first kappa shape index (κ1) is 18.1. The zero-order valence-electron chi connectivity index (χ0n) is 13.4. The number of hydrogen-bond acceptors (Lipinski definition) is 4. The predicted molar refractivity (Wildman–Crippen MR) is 90.4 cm³/mol. The van der Waals surface area contributed by atoms with Crippen LogP contribution in [0, 0.1) is 12.7 Å². The summed E-state index contributed by atoms with van der Waals surface area (Å²) < 4.78 is 52.4. The highest BCUT2D eigenvalue weighted by atomic mass is 32.1. The number of alkyl halides is 3. The summed E-state index contributed by atoms with van der Waals surface area (Å²) >= 11 is 0.938. The van der Waals surface area contributed by atoms with Crippen molar-refractivity contribution in [2.45, 2.75) is 19.5 Å². The topological polar surface area (TPSA) is 61.7 Å². The molecule has 1 aromatic heterocycles. The maximum atomic E-state index is 13.9. The molecule has 0 aliphatic carbocycles. The van der Waals surface area contributed by atoms with Crippen LogP contribution in [0.4, 0.5) is 22.6 Å². The Kier molecular flexibility index (Phi) is 4.35. The van der Waals surface area contributed by atoms with E-state index in [0.29, 0.717) is 27.9 Å². The lowest BCUT2D eigenvalue weighted by molar-refractivity contribution is -0.137. The van der Waals surface area contributed by atoms with Crippen LogP contribution in [0.5, 0.6) is 0 Å². The zero-order chi connectivity index (χ0) is 19.2. The number of hydrogen-bond donors (Lipinski definition) is 2. The molecule has 0 radical (unpaired) electrons. The van der Waals surface area contributed by atoms with Gasteiger partial charge in [-0.05, 0) is 36.2 Å². The summed E-state index contributed by atoms with van der Waals surface area (Å²) in [5.41, 5.74) is 0.293. The fourth-order valence-electron chi connectivity index (χ4n) is 2.67. The van der Waals surface area contributed by atoms with Gasteiger partial charge in [-0.15, -0.1) is 11.3 Å². The Labute approximate surface area is 149 Å². The van der Waals surface area contributed by atoms with Gasteiger partial charge in [0.05, 0.1) is 5.56 Å². The van der Waals surface area contributed by atoms with Crippen LogP contribution in [0.15, 0.2) is 29.8 Å². The number of nitrogens with one attached hydrogen (secondary N) is 1. The Balaban J connectivity index is 1.99. The number of carboxylic acid groups (broad SMARTS) is 1.